The van der Waals surface area contributed by atoms with Gasteiger partial charge in [0.15, 0.2) is 0 Å². The highest BCUT2D eigenvalue weighted by molar-refractivity contribution is 5.93. The molecule has 4 nitrogen and oxygen atoms in total. The van der Waals surface area contributed by atoms with E-state index in [9.17, 15) is 9.90 Å². The number of rotatable bonds is 4. The number of aliphatic hydroxyl groups is 1. The highest BCUT2D eigenvalue weighted by Crippen LogP contribution is 2.27. The molecule has 2 rings (SSSR count). The maximum absolute atomic E-state index is 11.3. The molecule has 0 bridgehead atoms. The fraction of sp³-hybridized carbons (Fsp3) is 0.533. The van der Waals surface area contributed by atoms with Crippen molar-refractivity contribution in [3.05, 3.63) is 23.8 Å². The lowest BCUT2D eigenvalue weighted by molar-refractivity contribution is -0.116. The fourth-order valence-corrected chi connectivity index (χ4v) is 1.85. The molecule has 0 radical (unpaired) electrons. The number of fused-ring (bicyclic) bond motifs is 1. The third-order valence-corrected chi connectivity index (χ3v) is 3.75. The summed E-state index contributed by atoms with van der Waals surface area (Å²) in [5, 5.41) is 13.0. The van der Waals surface area contributed by atoms with Crippen LogP contribution >= 0.6 is 0 Å². The summed E-state index contributed by atoms with van der Waals surface area (Å²) < 4.78 is 5.66. The second-order valence-electron chi connectivity index (χ2n) is 5.67. The number of hydrogen-bond acceptors (Lipinski definition) is 3. The summed E-state index contributed by atoms with van der Waals surface area (Å²) in [7, 11) is 0. The van der Waals surface area contributed by atoms with Gasteiger partial charge in [0.05, 0.1) is 5.60 Å². The summed E-state index contributed by atoms with van der Waals surface area (Å²) in [6.45, 7) is 5.96. The van der Waals surface area contributed by atoms with Crippen LogP contribution in [0, 0.1) is 5.92 Å². The lowest BCUT2D eigenvalue weighted by Gasteiger charge is -2.27. The second kappa shape index (κ2) is 5.21. The Bertz CT molecular complexity index is 480. The van der Waals surface area contributed by atoms with Gasteiger partial charge in [-0.25, -0.2) is 0 Å². The molecule has 4 heteroatoms. The van der Waals surface area contributed by atoms with Gasteiger partial charge in [-0.3, -0.25) is 4.79 Å². The van der Waals surface area contributed by atoms with E-state index >= 15 is 0 Å². The van der Waals surface area contributed by atoms with Crippen LogP contribution in [0.2, 0.25) is 0 Å². The highest BCUT2D eigenvalue weighted by atomic mass is 16.5. The Balaban J connectivity index is 2.05. The normalized spacial score (nSPS) is 17.6. The number of hydrogen-bond donors (Lipinski definition) is 2. The molecule has 0 saturated carbocycles. The number of ether oxygens (including phenoxy) is 1. The Morgan fingerprint density at radius 1 is 1.42 bits per heavy atom. The van der Waals surface area contributed by atoms with Crippen LogP contribution in [-0.2, 0) is 11.2 Å². The van der Waals surface area contributed by atoms with Gasteiger partial charge in [-0.05, 0) is 43.0 Å². The average Bonchev–Trinajstić information content (AvgIpc) is 2.36. The molecule has 0 aliphatic carbocycles. The Morgan fingerprint density at radius 3 is 2.84 bits per heavy atom. The average molecular weight is 263 g/mol. The van der Waals surface area contributed by atoms with E-state index in [-0.39, 0.29) is 18.4 Å². The predicted octanol–water partition coefficient (Wildman–Crippen LogP) is 2.36. The van der Waals surface area contributed by atoms with Crippen molar-refractivity contribution in [1.29, 1.82) is 0 Å². The summed E-state index contributed by atoms with van der Waals surface area (Å²) in [6, 6.07) is 5.61. The first-order chi connectivity index (χ1) is 8.88. The minimum absolute atomic E-state index is 0.0592. The molecule has 0 fully saturated rings. The second-order valence-corrected chi connectivity index (χ2v) is 5.67. The van der Waals surface area contributed by atoms with E-state index in [2.05, 4.69) is 5.32 Å². The first kappa shape index (κ1) is 13.9. The van der Waals surface area contributed by atoms with Gasteiger partial charge in [0.2, 0.25) is 5.91 Å². The molecule has 104 valence electrons. The molecular weight excluding hydrogens is 242 g/mol. The van der Waals surface area contributed by atoms with Crippen molar-refractivity contribution in [3.63, 3.8) is 0 Å². The molecule has 0 spiro atoms. The van der Waals surface area contributed by atoms with Crippen LogP contribution in [0.25, 0.3) is 0 Å². The van der Waals surface area contributed by atoms with Gasteiger partial charge in [-0.1, -0.05) is 13.8 Å². The van der Waals surface area contributed by atoms with Crippen molar-refractivity contribution in [1.82, 2.24) is 0 Å². The van der Waals surface area contributed by atoms with E-state index in [1.165, 1.54) is 0 Å². The van der Waals surface area contributed by atoms with E-state index in [0.29, 0.717) is 6.42 Å². The van der Waals surface area contributed by atoms with Crippen LogP contribution in [0.15, 0.2) is 18.2 Å². The molecule has 0 saturated heterocycles. The van der Waals surface area contributed by atoms with Crippen LogP contribution < -0.4 is 10.1 Å². The molecule has 1 aromatic rings. The molecule has 1 unspecified atom stereocenters. The number of aryl methyl sites for hydroxylation is 1. The monoisotopic (exact) mass is 263 g/mol. The topological polar surface area (TPSA) is 58.6 Å². The zero-order valence-corrected chi connectivity index (χ0v) is 11.7. The number of benzene rings is 1. The fourth-order valence-electron chi connectivity index (χ4n) is 1.85. The molecule has 1 amide bonds. The van der Waals surface area contributed by atoms with Gasteiger partial charge in [0.25, 0.3) is 0 Å². The molecule has 1 aliphatic rings. The summed E-state index contributed by atoms with van der Waals surface area (Å²) in [4.78, 5) is 11.3. The smallest absolute Gasteiger partial charge is 0.224 e. The summed E-state index contributed by atoms with van der Waals surface area (Å²) >= 11 is 0. The summed E-state index contributed by atoms with van der Waals surface area (Å²) in [5.74, 6) is 0.921. The molecule has 1 aliphatic heterocycles. The van der Waals surface area contributed by atoms with E-state index in [1.54, 1.807) is 6.92 Å². The molecule has 2 N–H and O–H groups in total. The number of carbonyl (C=O) groups excluding carboxylic acids is 1. The maximum Gasteiger partial charge on any atom is 0.224 e. The van der Waals surface area contributed by atoms with Gasteiger partial charge in [-0.15, -0.1) is 0 Å². The van der Waals surface area contributed by atoms with Crippen LogP contribution in [0.1, 0.15) is 32.8 Å². The Hall–Kier alpha value is -1.55. The van der Waals surface area contributed by atoms with E-state index in [4.69, 9.17) is 4.74 Å². The SMILES string of the molecule is CC(C)C(C)(O)COc1ccc2c(c1)CCC(=O)N2. The molecular formula is C15H21NO3. The zero-order valence-electron chi connectivity index (χ0n) is 11.7. The Morgan fingerprint density at radius 2 is 2.16 bits per heavy atom. The van der Waals surface area contributed by atoms with Crippen molar-refractivity contribution in [2.45, 2.75) is 39.2 Å². The molecule has 1 aromatic carbocycles. The highest BCUT2D eigenvalue weighted by Gasteiger charge is 2.26. The Kier molecular flexibility index (Phi) is 3.80. The third kappa shape index (κ3) is 3.26. The van der Waals surface area contributed by atoms with Crippen LogP contribution in [0.5, 0.6) is 5.75 Å². The predicted molar refractivity (Wildman–Crippen MR) is 74.3 cm³/mol. The molecule has 1 heterocycles. The minimum Gasteiger partial charge on any atom is -0.491 e. The third-order valence-electron chi connectivity index (χ3n) is 3.75. The van der Waals surface area contributed by atoms with Crippen LogP contribution in [0.3, 0.4) is 0 Å². The van der Waals surface area contributed by atoms with Crippen molar-refractivity contribution in [2.24, 2.45) is 5.92 Å². The van der Waals surface area contributed by atoms with Gasteiger partial charge in [-0.2, -0.15) is 0 Å². The number of amides is 1. The van der Waals surface area contributed by atoms with Crippen molar-refractivity contribution in [3.8, 4) is 5.75 Å². The lowest BCUT2D eigenvalue weighted by Crippen LogP contribution is -2.37. The van der Waals surface area contributed by atoms with Crippen LogP contribution in [0.4, 0.5) is 5.69 Å². The van der Waals surface area contributed by atoms with Crippen LogP contribution in [-0.4, -0.2) is 23.2 Å². The van der Waals surface area contributed by atoms with Crippen molar-refractivity contribution < 1.29 is 14.6 Å². The largest absolute Gasteiger partial charge is 0.491 e. The van der Waals surface area contributed by atoms with Crippen molar-refractivity contribution >= 4 is 11.6 Å². The van der Waals surface area contributed by atoms with Crippen molar-refractivity contribution in [2.75, 3.05) is 11.9 Å². The summed E-state index contributed by atoms with van der Waals surface area (Å²) in [6.07, 6.45) is 1.25. The van der Waals surface area contributed by atoms with Gasteiger partial charge in [0.1, 0.15) is 12.4 Å². The number of anilines is 1. The van der Waals surface area contributed by atoms with Gasteiger partial charge < -0.3 is 15.2 Å². The maximum atomic E-state index is 11.3. The molecule has 0 aromatic heterocycles. The first-order valence-corrected chi connectivity index (χ1v) is 6.66. The van der Waals surface area contributed by atoms with E-state index < -0.39 is 5.60 Å². The van der Waals surface area contributed by atoms with E-state index in [0.717, 1.165) is 23.4 Å². The zero-order chi connectivity index (χ0) is 14.0. The standard InChI is InChI=1S/C15H21NO3/c1-10(2)15(3,18)9-19-12-5-6-13-11(8-12)4-7-14(17)16-13/h5-6,8,10,18H,4,7,9H2,1-3H3,(H,16,17). The Labute approximate surface area is 113 Å². The molecule has 1 atom stereocenters. The lowest BCUT2D eigenvalue weighted by atomic mass is 9.94. The summed E-state index contributed by atoms with van der Waals surface area (Å²) in [5.41, 5.74) is 1.10. The first-order valence-electron chi connectivity index (χ1n) is 6.66. The number of nitrogens with one attached hydrogen (secondary N) is 1. The number of carbonyl (C=O) groups is 1. The molecule has 19 heavy (non-hydrogen) atoms. The minimum atomic E-state index is -0.843. The van der Waals surface area contributed by atoms with Gasteiger partial charge >= 0.3 is 0 Å². The van der Waals surface area contributed by atoms with E-state index in [1.807, 2.05) is 32.0 Å². The van der Waals surface area contributed by atoms with Gasteiger partial charge in [0, 0.05) is 12.1 Å². The quantitative estimate of drug-likeness (QED) is 0.876.